The van der Waals surface area contributed by atoms with Crippen molar-refractivity contribution in [1.82, 2.24) is 0 Å². The van der Waals surface area contributed by atoms with Gasteiger partial charge in [0.05, 0.1) is 0 Å². The largest absolute Gasteiger partial charge is 0.508 e. The first-order valence-electron chi connectivity index (χ1n) is 4.28. The predicted octanol–water partition coefficient (Wildman–Crippen LogP) is 1.68. The monoisotopic (exact) mass is 181 g/mol. The summed E-state index contributed by atoms with van der Waals surface area (Å²) in [6, 6.07) is 4.38. The van der Waals surface area contributed by atoms with Crippen LogP contribution in [-0.4, -0.2) is 10.2 Å². The third-order valence-corrected chi connectivity index (χ3v) is 2.33. The molecular formula is C10H15NO2. The maximum Gasteiger partial charge on any atom is 0.120 e. The molecule has 0 heterocycles. The number of nitrogens with two attached hydrogens (primary N) is 1. The predicted molar refractivity (Wildman–Crippen MR) is 51.6 cm³/mol. The van der Waals surface area contributed by atoms with Crippen molar-refractivity contribution < 1.29 is 10.2 Å². The highest BCUT2D eigenvalue weighted by molar-refractivity contribution is 5.42. The van der Waals surface area contributed by atoms with Gasteiger partial charge in [-0.2, -0.15) is 0 Å². The van der Waals surface area contributed by atoms with Gasteiger partial charge >= 0.3 is 0 Å². The van der Waals surface area contributed by atoms with Gasteiger partial charge in [0.2, 0.25) is 0 Å². The van der Waals surface area contributed by atoms with E-state index < -0.39 is 5.54 Å². The summed E-state index contributed by atoms with van der Waals surface area (Å²) in [6.07, 6.45) is 0.698. The minimum absolute atomic E-state index is 0.123. The lowest BCUT2D eigenvalue weighted by Crippen LogP contribution is -2.31. The molecule has 0 aliphatic rings. The molecule has 0 bridgehead atoms. The summed E-state index contributed by atoms with van der Waals surface area (Å²) in [5.41, 5.74) is 5.92. The molecule has 0 fully saturated rings. The Morgan fingerprint density at radius 2 is 2.00 bits per heavy atom. The van der Waals surface area contributed by atoms with Crippen molar-refractivity contribution >= 4 is 0 Å². The lowest BCUT2D eigenvalue weighted by Gasteiger charge is -2.24. The number of hydrogen-bond donors (Lipinski definition) is 3. The van der Waals surface area contributed by atoms with Crippen LogP contribution in [0.4, 0.5) is 0 Å². The van der Waals surface area contributed by atoms with Crippen LogP contribution in [0.3, 0.4) is 0 Å². The first-order valence-corrected chi connectivity index (χ1v) is 4.28. The minimum Gasteiger partial charge on any atom is -0.508 e. The van der Waals surface area contributed by atoms with Crippen molar-refractivity contribution in [2.24, 2.45) is 5.73 Å². The molecule has 0 amide bonds. The number of aromatic hydroxyl groups is 2. The molecule has 0 aliphatic carbocycles. The van der Waals surface area contributed by atoms with Crippen LogP contribution in [-0.2, 0) is 5.54 Å². The molecule has 0 aliphatic heterocycles. The summed E-state index contributed by atoms with van der Waals surface area (Å²) < 4.78 is 0. The fraction of sp³-hybridized carbons (Fsp3) is 0.400. The zero-order chi connectivity index (χ0) is 10.1. The van der Waals surface area contributed by atoms with Gasteiger partial charge in [0.25, 0.3) is 0 Å². The second-order valence-corrected chi connectivity index (χ2v) is 3.47. The molecule has 72 valence electrons. The van der Waals surface area contributed by atoms with Crippen LogP contribution >= 0.6 is 0 Å². The van der Waals surface area contributed by atoms with Crippen LogP contribution in [0.2, 0.25) is 0 Å². The van der Waals surface area contributed by atoms with E-state index in [9.17, 15) is 10.2 Å². The molecule has 1 aromatic rings. The lowest BCUT2D eigenvalue weighted by molar-refractivity contribution is 0.409. The highest BCUT2D eigenvalue weighted by Crippen LogP contribution is 2.32. The average molecular weight is 181 g/mol. The van der Waals surface area contributed by atoms with E-state index in [0.717, 1.165) is 0 Å². The quantitative estimate of drug-likeness (QED) is 0.608. The first kappa shape index (κ1) is 9.86. The van der Waals surface area contributed by atoms with Gasteiger partial charge in [0.15, 0.2) is 0 Å². The summed E-state index contributed by atoms with van der Waals surface area (Å²) in [4.78, 5) is 0. The number of phenols is 2. The van der Waals surface area contributed by atoms with Gasteiger partial charge in [0, 0.05) is 11.1 Å². The molecule has 0 spiro atoms. The average Bonchev–Trinajstić information content (AvgIpc) is 2.09. The third-order valence-electron chi connectivity index (χ3n) is 2.33. The van der Waals surface area contributed by atoms with Crippen molar-refractivity contribution in [2.75, 3.05) is 0 Å². The normalized spacial score (nSPS) is 15.3. The van der Waals surface area contributed by atoms with E-state index in [1.807, 2.05) is 13.8 Å². The molecule has 0 radical (unpaired) electrons. The third kappa shape index (κ3) is 1.92. The summed E-state index contributed by atoms with van der Waals surface area (Å²) >= 11 is 0. The van der Waals surface area contributed by atoms with E-state index in [1.165, 1.54) is 18.2 Å². The van der Waals surface area contributed by atoms with Gasteiger partial charge in [-0.15, -0.1) is 0 Å². The van der Waals surface area contributed by atoms with Crippen molar-refractivity contribution in [2.45, 2.75) is 25.8 Å². The highest BCUT2D eigenvalue weighted by Gasteiger charge is 2.22. The van der Waals surface area contributed by atoms with Crippen molar-refractivity contribution in [3.63, 3.8) is 0 Å². The number of rotatable bonds is 2. The Bertz CT molecular complexity index is 308. The molecule has 0 aromatic heterocycles. The minimum atomic E-state index is -0.594. The Labute approximate surface area is 77.8 Å². The molecule has 3 heteroatoms. The van der Waals surface area contributed by atoms with E-state index in [2.05, 4.69) is 0 Å². The van der Waals surface area contributed by atoms with E-state index in [0.29, 0.717) is 12.0 Å². The summed E-state index contributed by atoms with van der Waals surface area (Å²) in [5.74, 6) is 0.252. The second-order valence-electron chi connectivity index (χ2n) is 3.47. The second kappa shape index (κ2) is 3.26. The molecule has 4 N–H and O–H groups in total. The smallest absolute Gasteiger partial charge is 0.120 e. The molecule has 0 saturated carbocycles. The summed E-state index contributed by atoms with van der Waals surface area (Å²) in [6.45, 7) is 3.75. The van der Waals surface area contributed by atoms with Gasteiger partial charge < -0.3 is 15.9 Å². The molecule has 13 heavy (non-hydrogen) atoms. The molecule has 1 atom stereocenters. The maximum atomic E-state index is 9.51. The van der Waals surface area contributed by atoms with Crippen LogP contribution < -0.4 is 5.73 Å². The van der Waals surface area contributed by atoms with Crippen LogP contribution in [0, 0.1) is 0 Å². The van der Waals surface area contributed by atoms with Crippen molar-refractivity contribution in [3.8, 4) is 11.5 Å². The summed E-state index contributed by atoms with van der Waals surface area (Å²) in [7, 11) is 0. The first-order chi connectivity index (χ1) is 5.97. The topological polar surface area (TPSA) is 66.5 Å². The van der Waals surface area contributed by atoms with E-state index >= 15 is 0 Å². The molecular weight excluding hydrogens is 166 g/mol. The van der Waals surface area contributed by atoms with E-state index in [1.54, 1.807) is 0 Å². The van der Waals surface area contributed by atoms with E-state index in [-0.39, 0.29) is 11.5 Å². The Balaban J connectivity index is 3.20. The lowest BCUT2D eigenvalue weighted by atomic mass is 9.90. The maximum absolute atomic E-state index is 9.51. The SMILES string of the molecule is CC[C@](C)(N)c1cc(O)ccc1O. The zero-order valence-electron chi connectivity index (χ0n) is 7.91. The molecule has 1 aromatic carbocycles. The molecule has 3 nitrogen and oxygen atoms in total. The Morgan fingerprint density at radius 3 is 2.54 bits per heavy atom. The van der Waals surface area contributed by atoms with E-state index in [4.69, 9.17) is 5.73 Å². The Hall–Kier alpha value is -1.22. The van der Waals surface area contributed by atoms with Gasteiger partial charge in [0.1, 0.15) is 11.5 Å². The number of phenolic OH excluding ortho intramolecular Hbond substituents is 2. The van der Waals surface area contributed by atoms with Gasteiger partial charge in [-0.3, -0.25) is 0 Å². The van der Waals surface area contributed by atoms with Gasteiger partial charge in [-0.05, 0) is 31.5 Å². The van der Waals surface area contributed by atoms with Crippen LogP contribution in [0.5, 0.6) is 11.5 Å². The zero-order valence-corrected chi connectivity index (χ0v) is 7.91. The molecule has 0 unspecified atom stereocenters. The van der Waals surface area contributed by atoms with Crippen LogP contribution in [0.25, 0.3) is 0 Å². The van der Waals surface area contributed by atoms with Gasteiger partial charge in [-0.25, -0.2) is 0 Å². The summed E-state index contributed by atoms with van der Waals surface area (Å²) in [5, 5.41) is 18.7. The molecule has 1 rings (SSSR count). The van der Waals surface area contributed by atoms with Crippen molar-refractivity contribution in [3.05, 3.63) is 23.8 Å². The number of hydrogen-bond acceptors (Lipinski definition) is 3. The fourth-order valence-corrected chi connectivity index (χ4v) is 1.17. The van der Waals surface area contributed by atoms with Crippen LogP contribution in [0.1, 0.15) is 25.8 Å². The standard InChI is InChI=1S/C10H15NO2/c1-3-10(2,11)8-6-7(12)4-5-9(8)13/h4-6,12-13H,3,11H2,1-2H3/t10-/m0/s1. The molecule has 0 saturated heterocycles. The van der Waals surface area contributed by atoms with Gasteiger partial charge in [-0.1, -0.05) is 6.92 Å². The highest BCUT2D eigenvalue weighted by atomic mass is 16.3. The Kier molecular flexibility index (Phi) is 2.48. The van der Waals surface area contributed by atoms with Crippen LogP contribution in [0.15, 0.2) is 18.2 Å². The van der Waals surface area contributed by atoms with Crippen molar-refractivity contribution in [1.29, 1.82) is 0 Å². The Morgan fingerprint density at radius 1 is 1.38 bits per heavy atom. The number of benzene rings is 1. The fourth-order valence-electron chi connectivity index (χ4n) is 1.17.